The smallest absolute Gasteiger partial charge is 0.221 e. The molecule has 21 heavy (non-hydrogen) atoms. The van der Waals surface area contributed by atoms with Gasteiger partial charge in [-0.25, -0.2) is 0 Å². The lowest BCUT2D eigenvalue weighted by molar-refractivity contribution is -0.121. The van der Waals surface area contributed by atoms with Crippen molar-refractivity contribution in [3.05, 3.63) is 29.3 Å². The summed E-state index contributed by atoms with van der Waals surface area (Å²) in [6.45, 7) is 2.13. The number of rotatable bonds is 9. The molecular weight excluding hydrogens is 270 g/mol. The number of nitrogens with one attached hydrogen (secondary N) is 2. The third kappa shape index (κ3) is 6.25. The van der Waals surface area contributed by atoms with E-state index in [1.807, 2.05) is 0 Å². The van der Waals surface area contributed by atoms with Gasteiger partial charge in [-0.2, -0.15) is 5.26 Å². The second-order valence-corrected chi connectivity index (χ2v) is 4.41. The molecule has 2 N–H and O–H groups in total. The topological polar surface area (TPSA) is 83.4 Å². The average Bonchev–Trinajstić information content (AvgIpc) is 2.51. The van der Waals surface area contributed by atoms with E-state index in [4.69, 9.17) is 14.7 Å². The normalized spacial score (nSPS) is 9.95. The number of hydrogen-bond acceptors (Lipinski definition) is 5. The van der Waals surface area contributed by atoms with Gasteiger partial charge in [0.15, 0.2) is 0 Å². The number of hydrogen-bond donors (Lipinski definition) is 2. The molecule has 0 aliphatic carbocycles. The molecule has 0 unspecified atom stereocenters. The van der Waals surface area contributed by atoms with Crippen LogP contribution in [0.5, 0.6) is 5.75 Å². The van der Waals surface area contributed by atoms with E-state index in [1.54, 1.807) is 32.4 Å². The van der Waals surface area contributed by atoms with Crippen molar-refractivity contribution in [3.8, 4) is 11.8 Å². The first-order valence-corrected chi connectivity index (χ1v) is 6.74. The SMILES string of the molecule is COCCNC(=O)CCNCc1cc(C#N)ccc1OC. The van der Waals surface area contributed by atoms with E-state index < -0.39 is 0 Å². The summed E-state index contributed by atoms with van der Waals surface area (Å²) < 4.78 is 10.1. The molecule has 0 aliphatic rings. The summed E-state index contributed by atoms with van der Waals surface area (Å²) in [6.07, 6.45) is 0.393. The summed E-state index contributed by atoms with van der Waals surface area (Å²) in [4.78, 5) is 11.5. The highest BCUT2D eigenvalue weighted by Crippen LogP contribution is 2.19. The Hall–Kier alpha value is -2.10. The van der Waals surface area contributed by atoms with Crippen LogP contribution in [-0.2, 0) is 16.1 Å². The highest BCUT2D eigenvalue weighted by atomic mass is 16.5. The minimum atomic E-state index is -0.0164. The van der Waals surface area contributed by atoms with Gasteiger partial charge in [0.25, 0.3) is 0 Å². The van der Waals surface area contributed by atoms with Gasteiger partial charge >= 0.3 is 0 Å². The van der Waals surface area contributed by atoms with Crippen LogP contribution in [0.2, 0.25) is 0 Å². The van der Waals surface area contributed by atoms with Gasteiger partial charge in [0.2, 0.25) is 5.91 Å². The monoisotopic (exact) mass is 291 g/mol. The Kier molecular flexibility index (Phi) is 7.87. The Morgan fingerprint density at radius 3 is 2.81 bits per heavy atom. The van der Waals surface area contributed by atoms with Gasteiger partial charge < -0.3 is 20.1 Å². The number of methoxy groups -OCH3 is 2. The van der Waals surface area contributed by atoms with Gasteiger partial charge in [0.05, 0.1) is 25.3 Å². The molecule has 1 aromatic rings. The number of nitriles is 1. The van der Waals surface area contributed by atoms with Gasteiger partial charge in [0, 0.05) is 38.7 Å². The first kappa shape index (κ1) is 17.0. The summed E-state index contributed by atoms with van der Waals surface area (Å²) in [6, 6.07) is 7.36. The number of carbonyl (C=O) groups is 1. The molecule has 0 aromatic heterocycles. The molecule has 0 atom stereocenters. The Labute approximate surface area is 125 Å². The van der Waals surface area contributed by atoms with Gasteiger partial charge in [0.1, 0.15) is 5.75 Å². The Bertz CT molecular complexity index is 497. The lowest BCUT2D eigenvalue weighted by Gasteiger charge is -2.10. The van der Waals surface area contributed by atoms with E-state index in [1.165, 1.54) is 0 Å². The van der Waals surface area contributed by atoms with E-state index in [0.29, 0.717) is 38.2 Å². The van der Waals surface area contributed by atoms with Crippen LogP contribution >= 0.6 is 0 Å². The van der Waals surface area contributed by atoms with Gasteiger partial charge in [-0.1, -0.05) is 0 Å². The second kappa shape index (κ2) is 9.75. The maximum Gasteiger partial charge on any atom is 0.221 e. The third-order valence-electron chi connectivity index (χ3n) is 2.88. The summed E-state index contributed by atoms with van der Waals surface area (Å²) in [7, 11) is 3.19. The molecule has 0 radical (unpaired) electrons. The minimum absolute atomic E-state index is 0.0164. The molecule has 0 fully saturated rings. The number of carbonyl (C=O) groups excluding carboxylic acids is 1. The van der Waals surface area contributed by atoms with Gasteiger partial charge in [-0.05, 0) is 18.2 Å². The minimum Gasteiger partial charge on any atom is -0.496 e. The van der Waals surface area contributed by atoms with Crippen molar-refractivity contribution in [2.75, 3.05) is 33.9 Å². The van der Waals surface area contributed by atoms with Gasteiger partial charge in [-0.15, -0.1) is 0 Å². The van der Waals surface area contributed by atoms with Crippen LogP contribution in [-0.4, -0.2) is 39.8 Å². The predicted octanol–water partition coefficient (Wildman–Crippen LogP) is 0.809. The fourth-order valence-corrected chi connectivity index (χ4v) is 1.79. The second-order valence-electron chi connectivity index (χ2n) is 4.41. The molecule has 0 spiro atoms. The first-order chi connectivity index (χ1) is 10.2. The van der Waals surface area contributed by atoms with Crippen LogP contribution in [0.4, 0.5) is 0 Å². The molecule has 1 aromatic carbocycles. The highest BCUT2D eigenvalue weighted by molar-refractivity contribution is 5.76. The number of benzene rings is 1. The molecule has 0 saturated heterocycles. The summed E-state index contributed by atoms with van der Waals surface area (Å²) in [5.74, 6) is 0.711. The maximum absolute atomic E-state index is 11.5. The largest absolute Gasteiger partial charge is 0.496 e. The van der Waals surface area contributed by atoms with Crippen molar-refractivity contribution in [2.45, 2.75) is 13.0 Å². The van der Waals surface area contributed by atoms with E-state index in [9.17, 15) is 4.79 Å². The molecule has 1 amide bonds. The standard InChI is InChI=1S/C15H21N3O3/c1-20-8-7-18-15(19)5-6-17-11-13-9-12(10-16)3-4-14(13)21-2/h3-4,9,17H,5-8,11H2,1-2H3,(H,18,19). The molecule has 0 saturated carbocycles. The summed E-state index contributed by atoms with van der Waals surface area (Å²) in [5.41, 5.74) is 1.49. The fraction of sp³-hybridized carbons (Fsp3) is 0.467. The van der Waals surface area contributed by atoms with Crippen molar-refractivity contribution in [2.24, 2.45) is 0 Å². The van der Waals surface area contributed by atoms with Gasteiger partial charge in [-0.3, -0.25) is 4.79 Å². The van der Waals surface area contributed by atoms with E-state index >= 15 is 0 Å². The molecule has 0 heterocycles. The summed E-state index contributed by atoms with van der Waals surface area (Å²) >= 11 is 0. The molecule has 0 bridgehead atoms. The fourth-order valence-electron chi connectivity index (χ4n) is 1.79. The van der Waals surface area contributed by atoms with E-state index in [-0.39, 0.29) is 5.91 Å². The molecular formula is C15H21N3O3. The molecule has 0 aliphatic heterocycles. The number of ether oxygens (including phenoxy) is 2. The molecule has 114 valence electrons. The zero-order valence-electron chi connectivity index (χ0n) is 12.4. The zero-order chi connectivity index (χ0) is 15.5. The average molecular weight is 291 g/mol. The Balaban J connectivity index is 2.35. The zero-order valence-corrected chi connectivity index (χ0v) is 12.4. The van der Waals surface area contributed by atoms with Crippen LogP contribution < -0.4 is 15.4 Å². The quantitative estimate of drug-likeness (QED) is 0.658. The Morgan fingerprint density at radius 2 is 2.14 bits per heavy atom. The molecule has 1 rings (SSSR count). The van der Waals surface area contributed by atoms with Crippen LogP contribution in [0, 0.1) is 11.3 Å². The highest BCUT2D eigenvalue weighted by Gasteiger charge is 2.05. The van der Waals surface area contributed by atoms with Crippen LogP contribution in [0.3, 0.4) is 0 Å². The van der Waals surface area contributed by atoms with E-state index in [0.717, 1.165) is 11.3 Å². The number of nitrogens with zero attached hydrogens (tertiary/aromatic N) is 1. The maximum atomic E-state index is 11.5. The van der Waals surface area contributed by atoms with Crippen molar-refractivity contribution < 1.29 is 14.3 Å². The molecule has 6 nitrogen and oxygen atoms in total. The Morgan fingerprint density at radius 1 is 1.33 bits per heavy atom. The summed E-state index contributed by atoms with van der Waals surface area (Å²) in [5, 5.41) is 14.8. The predicted molar refractivity (Wildman–Crippen MR) is 78.9 cm³/mol. The lowest BCUT2D eigenvalue weighted by Crippen LogP contribution is -2.30. The van der Waals surface area contributed by atoms with Crippen LogP contribution in [0.1, 0.15) is 17.5 Å². The van der Waals surface area contributed by atoms with Crippen LogP contribution in [0.15, 0.2) is 18.2 Å². The van der Waals surface area contributed by atoms with E-state index in [2.05, 4.69) is 16.7 Å². The lowest BCUT2D eigenvalue weighted by atomic mass is 10.1. The number of amides is 1. The van der Waals surface area contributed by atoms with Crippen molar-refractivity contribution in [3.63, 3.8) is 0 Å². The van der Waals surface area contributed by atoms with Crippen molar-refractivity contribution >= 4 is 5.91 Å². The van der Waals surface area contributed by atoms with Crippen molar-refractivity contribution in [1.82, 2.24) is 10.6 Å². The molecule has 6 heteroatoms. The van der Waals surface area contributed by atoms with Crippen LogP contribution in [0.25, 0.3) is 0 Å². The first-order valence-electron chi connectivity index (χ1n) is 6.74. The van der Waals surface area contributed by atoms with Crippen molar-refractivity contribution in [1.29, 1.82) is 5.26 Å². The third-order valence-corrected chi connectivity index (χ3v) is 2.88.